The average Bonchev–Trinajstić information content (AvgIpc) is 3.19. The Labute approximate surface area is 122 Å². The first-order valence-electron chi connectivity index (χ1n) is 6.54. The zero-order valence-corrected chi connectivity index (χ0v) is 12.9. The summed E-state index contributed by atoms with van der Waals surface area (Å²) in [4.78, 5) is 2.22. The van der Waals surface area contributed by atoms with Gasteiger partial charge in [-0.2, -0.15) is 0 Å². The second kappa shape index (κ2) is 6.09. The molecule has 1 aliphatic rings. The maximum Gasteiger partial charge on any atom is 0.139 e. The molecule has 0 heterocycles. The van der Waals surface area contributed by atoms with Crippen LogP contribution in [0, 0.1) is 11.7 Å². The van der Waals surface area contributed by atoms with E-state index in [0.29, 0.717) is 28.7 Å². The molecule has 1 aliphatic carbocycles. The van der Waals surface area contributed by atoms with Crippen LogP contribution in [0.2, 0.25) is 0 Å². The van der Waals surface area contributed by atoms with E-state index in [9.17, 15) is 4.39 Å². The molecule has 2 rings (SSSR count). The van der Waals surface area contributed by atoms with Gasteiger partial charge in [0.25, 0.3) is 0 Å². The molecular formula is C14H20BrFN2O. The first kappa shape index (κ1) is 14.6. The Morgan fingerprint density at radius 3 is 2.79 bits per heavy atom. The molecule has 2 N–H and O–H groups in total. The largest absolute Gasteiger partial charge is 0.397 e. The maximum atomic E-state index is 13.5. The van der Waals surface area contributed by atoms with Crippen LogP contribution in [0.3, 0.4) is 0 Å². The summed E-state index contributed by atoms with van der Waals surface area (Å²) in [6, 6.07) is 3.53. The summed E-state index contributed by atoms with van der Waals surface area (Å²) in [5.74, 6) is 0.382. The topological polar surface area (TPSA) is 38.5 Å². The lowest BCUT2D eigenvalue weighted by Gasteiger charge is -2.32. The zero-order chi connectivity index (χ0) is 14.0. The Hall–Kier alpha value is -0.810. The first-order chi connectivity index (χ1) is 9.04. The molecule has 0 amide bonds. The predicted octanol–water partition coefficient (Wildman–Crippen LogP) is 3.42. The number of hydrogen-bond acceptors (Lipinski definition) is 3. The Morgan fingerprint density at radius 2 is 2.21 bits per heavy atom. The van der Waals surface area contributed by atoms with Gasteiger partial charge in [0.05, 0.1) is 22.5 Å². The highest BCUT2D eigenvalue weighted by molar-refractivity contribution is 9.10. The van der Waals surface area contributed by atoms with Crippen molar-refractivity contribution in [3.63, 3.8) is 0 Å². The van der Waals surface area contributed by atoms with Crippen LogP contribution in [-0.4, -0.2) is 26.3 Å². The molecule has 106 valence electrons. The number of methoxy groups -OCH3 is 1. The van der Waals surface area contributed by atoms with Crippen molar-refractivity contribution in [1.29, 1.82) is 0 Å². The number of nitrogens with zero attached hydrogens (tertiary/aromatic N) is 1. The van der Waals surface area contributed by atoms with Crippen LogP contribution in [0.1, 0.15) is 19.8 Å². The Balaban J connectivity index is 2.28. The maximum absolute atomic E-state index is 13.5. The number of halogens is 2. The van der Waals surface area contributed by atoms with E-state index < -0.39 is 0 Å². The van der Waals surface area contributed by atoms with Gasteiger partial charge in [0.15, 0.2) is 0 Å². The van der Waals surface area contributed by atoms with Crippen LogP contribution < -0.4 is 10.6 Å². The van der Waals surface area contributed by atoms with Crippen LogP contribution in [0.5, 0.6) is 0 Å². The van der Waals surface area contributed by atoms with Gasteiger partial charge in [-0.25, -0.2) is 4.39 Å². The molecule has 19 heavy (non-hydrogen) atoms. The third-order valence-electron chi connectivity index (χ3n) is 3.71. The van der Waals surface area contributed by atoms with Gasteiger partial charge in [-0.15, -0.1) is 0 Å². The van der Waals surface area contributed by atoms with Crippen molar-refractivity contribution in [1.82, 2.24) is 0 Å². The van der Waals surface area contributed by atoms with Crippen LogP contribution in [0.4, 0.5) is 15.8 Å². The zero-order valence-electron chi connectivity index (χ0n) is 11.3. The molecule has 1 saturated carbocycles. The lowest BCUT2D eigenvalue weighted by atomic mass is 10.1. The van der Waals surface area contributed by atoms with Gasteiger partial charge in [0.2, 0.25) is 0 Å². The number of ether oxygens (including phenoxy) is 1. The third-order valence-corrected chi connectivity index (χ3v) is 4.32. The van der Waals surface area contributed by atoms with Crippen molar-refractivity contribution in [2.75, 3.05) is 30.9 Å². The molecular weight excluding hydrogens is 311 g/mol. The van der Waals surface area contributed by atoms with Crippen LogP contribution >= 0.6 is 15.9 Å². The Kier molecular flexibility index (Phi) is 4.68. The molecule has 1 aromatic carbocycles. The van der Waals surface area contributed by atoms with Gasteiger partial charge >= 0.3 is 0 Å². The minimum Gasteiger partial charge on any atom is -0.397 e. The molecule has 0 spiro atoms. The fourth-order valence-corrected chi connectivity index (χ4v) is 2.70. The molecule has 0 aromatic heterocycles. The minimum atomic E-state index is -0.327. The Bertz CT molecular complexity index is 451. The van der Waals surface area contributed by atoms with E-state index >= 15 is 0 Å². The van der Waals surface area contributed by atoms with Crippen LogP contribution in [0.15, 0.2) is 16.6 Å². The lowest BCUT2D eigenvalue weighted by Crippen LogP contribution is -2.37. The SMILES string of the molecule is COCCN(c1cc(Br)c(F)cc1N)C(C)C1CC1. The fourth-order valence-electron chi connectivity index (χ4n) is 2.37. The van der Waals surface area contributed by atoms with Gasteiger partial charge in [-0.1, -0.05) is 0 Å². The fraction of sp³-hybridized carbons (Fsp3) is 0.571. The molecule has 1 aromatic rings. The third kappa shape index (κ3) is 3.39. The van der Waals surface area contributed by atoms with Gasteiger partial charge in [-0.05, 0) is 47.7 Å². The Morgan fingerprint density at radius 1 is 1.53 bits per heavy atom. The predicted molar refractivity (Wildman–Crippen MR) is 79.9 cm³/mol. The molecule has 1 fully saturated rings. The van der Waals surface area contributed by atoms with Crippen molar-refractivity contribution >= 4 is 27.3 Å². The van der Waals surface area contributed by atoms with Gasteiger partial charge < -0.3 is 15.4 Å². The van der Waals surface area contributed by atoms with E-state index in [2.05, 4.69) is 27.8 Å². The van der Waals surface area contributed by atoms with E-state index in [1.807, 2.05) is 0 Å². The molecule has 0 bridgehead atoms. The second-order valence-electron chi connectivity index (χ2n) is 5.09. The quantitative estimate of drug-likeness (QED) is 0.812. The van der Waals surface area contributed by atoms with Crippen LogP contribution in [0.25, 0.3) is 0 Å². The molecule has 1 atom stereocenters. The number of hydrogen-bond donors (Lipinski definition) is 1. The summed E-state index contributed by atoms with van der Waals surface area (Å²) < 4.78 is 19.1. The summed E-state index contributed by atoms with van der Waals surface area (Å²) in [7, 11) is 1.68. The number of rotatable bonds is 6. The molecule has 0 saturated heterocycles. The molecule has 5 heteroatoms. The van der Waals surface area contributed by atoms with Crippen molar-refractivity contribution in [3.05, 3.63) is 22.4 Å². The van der Waals surface area contributed by atoms with E-state index in [0.717, 1.165) is 12.2 Å². The van der Waals surface area contributed by atoms with Crippen molar-refractivity contribution in [2.45, 2.75) is 25.8 Å². The molecule has 0 aliphatic heterocycles. The van der Waals surface area contributed by atoms with E-state index in [1.165, 1.54) is 18.9 Å². The van der Waals surface area contributed by atoms with Gasteiger partial charge in [0.1, 0.15) is 5.82 Å². The number of nitrogen functional groups attached to an aromatic ring is 1. The van der Waals surface area contributed by atoms with Gasteiger partial charge in [0, 0.05) is 25.8 Å². The number of benzene rings is 1. The first-order valence-corrected chi connectivity index (χ1v) is 7.34. The average molecular weight is 331 g/mol. The van der Waals surface area contributed by atoms with Crippen LogP contribution in [-0.2, 0) is 4.74 Å². The molecule has 3 nitrogen and oxygen atoms in total. The van der Waals surface area contributed by atoms with E-state index in [-0.39, 0.29) is 5.82 Å². The second-order valence-corrected chi connectivity index (χ2v) is 5.94. The number of nitrogens with two attached hydrogens (primary N) is 1. The summed E-state index contributed by atoms with van der Waals surface area (Å²) in [6.45, 7) is 3.59. The van der Waals surface area contributed by atoms with Crippen molar-refractivity contribution in [2.24, 2.45) is 5.92 Å². The highest BCUT2D eigenvalue weighted by Gasteiger charge is 2.32. The van der Waals surface area contributed by atoms with E-state index in [4.69, 9.17) is 10.5 Å². The molecule has 0 radical (unpaired) electrons. The molecule has 1 unspecified atom stereocenters. The lowest BCUT2D eigenvalue weighted by molar-refractivity contribution is 0.203. The smallest absolute Gasteiger partial charge is 0.139 e. The summed E-state index contributed by atoms with van der Waals surface area (Å²) in [5, 5.41) is 0. The number of anilines is 2. The summed E-state index contributed by atoms with van der Waals surface area (Å²) in [5.41, 5.74) is 7.33. The minimum absolute atomic E-state index is 0.327. The highest BCUT2D eigenvalue weighted by atomic mass is 79.9. The highest BCUT2D eigenvalue weighted by Crippen LogP contribution is 2.39. The monoisotopic (exact) mass is 330 g/mol. The summed E-state index contributed by atoms with van der Waals surface area (Å²) in [6.07, 6.45) is 2.51. The van der Waals surface area contributed by atoms with Crippen molar-refractivity contribution in [3.8, 4) is 0 Å². The summed E-state index contributed by atoms with van der Waals surface area (Å²) >= 11 is 3.23. The van der Waals surface area contributed by atoms with E-state index in [1.54, 1.807) is 13.2 Å². The normalized spacial score (nSPS) is 16.4. The van der Waals surface area contributed by atoms with Crippen molar-refractivity contribution < 1.29 is 9.13 Å². The standard InChI is InChI=1S/C14H20BrFN2O/c1-9(10-3-4-10)18(5-6-19-2)14-7-11(15)12(16)8-13(14)17/h7-10H,3-6,17H2,1-2H3. The van der Waals surface area contributed by atoms with Gasteiger partial charge in [-0.3, -0.25) is 0 Å².